The quantitative estimate of drug-likeness (QED) is 0.0160. The first-order valence-electron chi connectivity index (χ1n) is 27.7. The highest BCUT2D eigenvalue weighted by Gasteiger charge is 2.40. The van der Waals surface area contributed by atoms with Crippen molar-refractivity contribution in [3.05, 3.63) is 108 Å². The van der Waals surface area contributed by atoms with Crippen LogP contribution in [0, 0.1) is 0 Å². The fraction of sp³-hybridized carbons (Fsp3) is 0.448. The van der Waals surface area contributed by atoms with E-state index in [-0.39, 0.29) is 62.6 Å². The number of likely N-dealkylation sites (tertiary alicyclic amines) is 1. The molecule has 3 heterocycles. The van der Waals surface area contributed by atoms with E-state index in [1.54, 1.807) is 18.5 Å². The summed E-state index contributed by atoms with van der Waals surface area (Å²) in [4.78, 5) is 140. The van der Waals surface area contributed by atoms with Gasteiger partial charge in [0.1, 0.15) is 24.2 Å². The molecule has 0 saturated carbocycles. The number of carbonyl (C=O) groups is 10. The van der Waals surface area contributed by atoms with Crippen LogP contribution in [-0.4, -0.2) is 160 Å². The smallest absolute Gasteiger partial charge is 0.327 e. The number of hydrogen-bond acceptors (Lipinski definition) is 13. The molecule has 24 heteroatoms. The summed E-state index contributed by atoms with van der Waals surface area (Å²) < 4.78 is 0. The van der Waals surface area contributed by atoms with E-state index >= 15 is 0 Å². The van der Waals surface area contributed by atoms with E-state index in [9.17, 15) is 53.1 Å². The third kappa shape index (κ3) is 20.7. The molecule has 5 aromatic rings. The van der Waals surface area contributed by atoms with Gasteiger partial charge < -0.3 is 57.6 Å². The molecule has 0 aliphatic carbocycles. The lowest BCUT2D eigenvalue weighted by molar-refractivity contribution is -0.141. The van der Waals surface area contributed by atoms with Gasteiger partial charge in [-0.3, -0.25) is 48.1 Å². The summed E-state index contributed by atoms with van der Waals surface area (Å²) in [6, 6.07) is 18.5. The highest BCUT2D eigenvalue weighted by molar-refractivity contribution is 8.00. The van der Waals surface area contributed by atoms with Gasteiger partial charge in [-0.1, -0.05) is 99.8 Å². The number of rotatable bonds is 34. The zero-order valence-electron chi connectivity index (χ0n) is 46.6. The molecule has 9 amide bonds. The van der Waals surface area contributed by atoms with Crippen LogP contribution in [0.25, 0.3) is 21.8 Å². The number of nitrogens with zero attached hydrogens (tertiary/aromatic N) is 1. The molecule has 22 nitrogen and oxygen atoms in total. The Kier molecular flexibility index (Phi) is 27.4. The van der Waals surface area contributed by atoms with Crippen molar-refractivity contribution in [2.45, 2.75) is 114 Å². The molecule has 3 aromatic carbocycles. The molecule has 6 rings (SSSR count). The predicted octanol–water partition coefficient (Wildman–Crippen LogP) is 2.82. The van der Waals surface area contributed by atoms with Gasteiger partial charge in [0.2, 0.25) is 53.2 Å². The van der Waals surface area contributed by atoms with Crippen molar-refractivity contribution in [3.63, 3.8) is 0 Å². The largest absolute Gasteiger partial charge is 0.480 e. The van der Waals surface area contributed by atoms with E-state index < -0.39 is 89.8 Å². The first-order chi connectivity index (χ1) is 39.6. The number of imide groups is 1. The Bertz CT molecular complexity index is 2950. The maximum Gasteiger partial charge on any atom is 0.327 e. The number of nitrogens with one attached hydrogen (secondary N) is 10. The monoisotopic (exact) mass is 1170 g/mol. The SMILES string of the molecule is CC.CNCCCCCCCC(=O)NC(Cc1ccccc1)C(=O)NCC(=O)NC(Cc1c[nH]c2ccccc12)C(=O)NC(Cc1c[nH]c2ccccc12)C(=O)NCC(=O)NC(CSC1CC(=O)N(CCC(=O)NCCS)C1=O)C(=O)O. The molecule has 2 aromatic heterocycles. The molecule has 0 radical (unpaired) electrons. The number of carboxylic acids is 1. The standard InChI is InChI=1S/C56H71N11O11S2.C2H6/c1-57-22-13-4-2-3-8-20-48(69)63-42(26-35-14-6-5-7-15-35)52(73)61-32-49(70)64-44(28-37-31-60-41-19-12-10-17-39(37)41)54(75)66-43(27-36-30-59-40-18-11-9-16-38(36)40)53(74)62-33-50(71)65-45(56(77)78)34-80-46-29-51(72)67(55(46)76)24-21-47(68)58-23-25-79;1-2/h5-7,9-12,14-19,30-31,42-46,57,59-60,79H,2-4,8,13,20-29,32-34H2,1H3,(H,58,68)(H,61,73)(H,62,74)(H,63,69)(H,64,70)(H,65,71)(H,66,75)(H,77,78);1-2H3. The van der Waals surface area contributed by atoms with Gasteiger partial charge in [0.15, 0.2) is 0 Å². The van der Waals surface area contributed by atoms with Crippen LogP contribution in [-0.2, 0) is 67.2 Å². The second-order valence-corrected chi connectivity index (χ2v) is 21.0. The van der Waals surface area contributed by atoms with Crippen molar-refractivity contribution in [3.8, 4) is 0 Å². The van der Waals surface area contributed by atoms with Gasteiger partial charge >= 0.3 is 5.97 Å². The zero-order valence-corrected chi connectivity index (χ0v) is 48.3. The minimum absolute atomic E-state index is 0.0668. The first-order valence-corrected chi connectivity index (χ1v) is 29.4. The number of thioether (sulfide) groups is 1. The highest BCUT2D eigenvalue weighted by Crippen LogP contribution is 2.26. The number of aromatic amines is 2. The Morgan fingerprint density at radius 1 is 0.610 bits per heavy atom. The van der Waals surface area contributed by atoms with Gasteiger partial charge in [0, 0.05) is 97.3 Å². The van der Waals surface area contributed by atoms with Gasteiger partial charge in [-0.2, -0.15) is 12.6 Å². The molecular formula is C58H77N11O11S2. The Balaban J connectivity index is 0.00000609. The average molecular weight is 1170 g/mol. The topological polar surface area (TPSA) is 322 Å². The summed E-state index contributed by atoms with van der Waals surface area (Å²) >= 11 is 4.90. The van der Waals surface area contributed by atoms with Crippen LogP contribution in [0.5, 0.6) is 0 Å². The van der Waals surface area contributed by atoms with Gasteiger partial charge in [0.05, 0.1) is 18.3 Å². The molecule has 5 unspecified atom stereocenters. The minimum atomic E-state index is -1.54. The average Bonchev–Trinajstić information content (AvgIpc) is 4.20. The molecule has 1 aliphatic rings. The number of carbonyl (C=O) groups excluding carboxylic acids is 9. The number of unbranched alkanes of at least 4 members (excludes halogenated alkanes) is 4. The number of amides is 9. The fourth-order valence-corrected chi connectivity index (χ4v) is 10.4. The van der Waals surface area contributed by atoms with Crippen LogP contribution < -0.4 is 42.5 Å². The van der Waals surface area contributed by atoms with Crippen LogP contribution in [0.1, 0.15) is 81.9 Å². The second-order valence-electron chi connectivity index (χ2n) is 19.4. The first kappa shape index (κ1) is 65.1. The number of fused-ring (bicyclic) bond motifs is 2. The summed E-state index contributed by atoms with van der Waals surface area (Å²) in [5.41, 5.74) is 3.58. The molecule has 0 spiro atoms. The molecular weight excluding hydrogens is 1090 g/mol. The third-order valence-corrected chi connectivity index (χ3v) is 14.9. The number of aliphatic carboxylic acids is 1. The van der Waals surface area contributed by atoms with Crippen LogP contribution in [0.15, 0.2) is 91.3 Å². The summed E-state index contributed by atoms with van der Waals surface area (Å²) in [7, 11) is 1.91. The normalized spacial score (nSPS) is 14.4. The van der Waals surface area contributed by atoms with Crippen LogP contribution in [0.4, 0.5) is 0 Å². The van der Waals surface area contributed by atoms with Crippen molar-refractivity contribution in [1.29, 1.82) is 0 Å². The zero-order chi connectivity index (χ0) is 59.4. The number of carboxylic acid groups (broad SMARTS) is 1. The van der Waals surface area contributed by atoms with E-state index in [0.717, 1.165) is 76.3 Å². The number of aromatic nitrogens is 2. The predicted molar refractivity (Wildman–Crippen MR) is 318 cm³/mol. The van der Waals surface area contributed by atoms with E-state index in [2.05, 4.69) is 65.1 Å². The highest BCUT2D eigenvalue weighted by atomic mass is 32.2. The molecule has 442 valence electrons. The van der Waals surface area contributed by atoms with Crippen molar-refractivity contribution < 1.29 is 53.1 Å². The number of hydrogen-bond donors (Lipinski definition) is 12. The van der Waals surface area contributed by atoms with Gasteiger partial charge in [-0.15, -0.1) is 11.8 Å². The fourth-order valence-electron chi connectivity index (χ4n) is 9.15. The van der Waals surface area contributed by atoms with Gasteiger partial charge in [0.25, 0.3) is 0 Å². The second kappa shape index (κ2) is 34.6. The summed E-state index contributed by atoms with van der Waals surface area (Å²) in [6.07, 6.45) is 7.84. The maximum absolute atomic E-state index is 14.6. The van der Waals surface area contributed by atoms with Crippen LogP contribution >= 0.6 is 24.4 Å². The molecule has 1 aliphatic heterocycles. The molecule has 0 bridgehead atoms. The molecule has 1 saturated heterocycles. The summed E-state index contributed by atoms with van der Waals surface area (Å²) in [5, 5.41) is 32.2. The molecule has 82 heavy (non-hydrogen) atoms. The Hall–Kier alpha value is -7.70. The van der Waals surface area contributed by atoms with Crippen molar-refractivity contribution in [2.75, 3.05) is 51.3 Å². The summed E-state index contributed by atoms with van der Waals surface area (Å²) in [5.74, 6) is -6.97. The number of para-hydroxylation sites is 2. The van der Waals surface area contributed by atoms with Crippen molar-refractivity contribution in [1.82, 2.24) is 57.4 Å². The van der Waals surface area contributed by atoms with E-state index in [1.807, 2.05) is 93.7 Å². The maximum atomic E-state index is 14.6. The van der Waals surface area contributed by atoms with Gasteiger partial charge in [-0.25, -0.2) is 4.79 Å². The number of H-pyrrole nitrogens is 2. The Morgan fingerprint density at radius 2 is 1.13 bits per heavy atom. The number of benzene rings is 3. The van der Waals surface area contributed by atoms with Crippen molar-refractivity contribution >= 4 is 105 Å². The lowest BCUT2D eigenvalue weighted by atomic mass is 10.0. The Morgan fingerprint density at radius 3 is 1.72 bits per heavy atom. The molecule has 5 atom stereocenters. The van der Waals surface area contributed by atoms with Crippen molar-refractivity contribution in [2.24, 2.45) is 0 Å². The van der Waals surface area contributed by atoms with E-state index in [1.165, 1.54) is 0 Å². The van der Waals surface area contributed by atoms with E-state index in [0.29, 0.717) is 29.8 Å². The number of thiol groups is 1. The molecule has 1 fully saturated rings. The lowest BCUT2D eigenvalue weighted by Gasteiger charge is -2.24. The van der Waals surface area contributed by atoms with E-state index in [4.69, 9.17) is 0 Å². The van der Waals surface area contributed by atoms with Gasteiger partial charge in [-0.05, 0) is 55.3 Å². The Labute approximate surface area is 486 Å². The third-order valence-electron chi connectivity index (χ3n) is 13.4. The lowest BCUT2D eigenvalue weighted by Crippen LogP contribution is -2.57. The summed E-state index contributed by atoms with van der Waals surface area (Å²) in [6.45, 7) is 3.80. The molecule has 11 N–H and O–H groups in total. The van der Waals surface area contributed by atoms with Crippen LogP contribution in [0.3, 0.4) is 0 Å². The minimum Gasteiger partial charge on any atom is -0.480 e. The van der Waals surface area contributed by atoms with Crippen LogP contribution in [0.2, 0.25) is 0 Å².